The monoisotopic (exact) mass is 151 g/mol. The van der Waals surface area contributed by atoms with Crippen LogP contribution in [0.15, 0.2) is 0 Å². The lowest BCUT2D eigenvalue weighted by Gasteiger charge is -2.00. The van der Waals surface area contributed by atoms with E-state index in [1.165, 1.54) is 0 Å². The van der Waals surface area contributed by atoms with Gasteiger partial charge in [0.25, 0.3) is 0 Å². The van der Waals surface area contributed by atoms with Crippen molar-refractivity contribution in [1.82, 2.24) is 0 Å². The van der Waals surface area contributed by atoms with Crippen molar-refractivity contribution in [3.63, 3.8) is 0 Å². The number of aliphatic hydroxyl groups excluding tert-OH is 1. The Kier molecular flexibility index (Phi) is 14.5. The van der Waals surface area contributed by atoms with Crippen molar-refractivity contribution in [2.24, 2.45) is 0 Å². The summed E-state index contributed by atoms with van der Waals surface area (Å²) in [6, 6.07) is 0. The van der Waals surface area contributed by atoms with Crippen LogP contribution in [0.25, 0.3) is 0 Å². The topological polar surface area (TPSA) is 68.7 Å². The lowest BCUT2D eigenvalue weighted by molar-refractivity contribution is 0.0370. The van der Waals surface area contributed by atoms with Crippen LogP contribution >= 0.6 is 0 Å². The Balaban J connectivity index is 0. The van der Waals surface area contributed by atoms with E-state index in [4.69, 9.17) is 14.6 Å². The Bertz CT molecular complexity index is 43.0. The largest absolute Gasteiger partial charge is 0.394 e. The molecule has 0 saturated heterocycles. The Hall–Kier alpha value is -0.160. The van der Waals surface area contributed by atoms with Crippen molar-refractivity contribution < 1.29 is 20.1 Å². The first-order chi connectivity index (χ1) is 4.41. The molecule has 4 heteroatoms. The number of rotatable bonds is 6. The molecule has 0 saturated carbocycles. The van der Waals surface area contributed by atoms with Crippen molar-refractivity contribution >= 4 is 0 Å². The molecule has 0 spiro atoms. The van der Waals surface area contributed by atoms with Gasteiger partial charge in [0.2, 0.25) is 0 Å². The zero-order valence-electron chi connectivity index (χ0n) is 6.25. The highest BCUT2D eigenvalue weighted by Crippen LogP contribution is 1.76. The van der Waals surface area contributed by atoms with Crippen LogP contribution in [-0.4, -0.2) is 43.6 Å². The van der Waals surface area contributed by atoms with Gasteiger partial charge in [0.15, 0.2) is 0 Å². The molecule has 1 radical (unpaired) electrons. The van der Waals surface area contributed by atoms with Crippen molar-refractivity contribution in [1.29, 1.82) is 0 Å². The number of hydrogen-bond acceptors (Lipinski definition) is 3. The maximum absolute atomic E-state index is 8.26. The summed E-state index contributed by atoms with van der Waals surface area (Å²) in [5.74, 6) is 0. The van der Waals surface area contributed by atoms with Gasteiger partial charge in [-0.3, -0.25) is 5.48 Å². The quantitative estimate of drug-likeness (QED) is 0.519. The van der Waals surface area contributed by atoms with E-state index < -0.39 is 0 Å². The van der Waals surface area contributed by atoms with Crippen LogP contribution in [0.1, 0.15) is 6.92 Å². The molecule has 0 heterocycles. The van der Waals surface area contributed by atoms with E-state index in [0.717, 1.165) is 6.61 Å². The van der Waals surface area contributed by atoms with E-state index in [2.05, 4.69) is 0 Å². The van der Waals surface area contributed by atoms with Gasteiger partial charge in [0, 0.05) is 6.61 Å². The third-order valence-corrected chi connectivity index (χ3v) is 0.812. The van der Waals surface area contributed by atoms with Gasteiger partial charge in [0.1, 0.15) is 0 Å². The van der Waals surface area contributed by atoms with Gasteiger partial charge < -0.3 is 14.6 Å². The third-order valence-electron chi connectivity index (χ3n) is 0.812. The molecule has 10 heavy (non-hydrogen) atoms. The highest BCUT2D eigenvalue weighted by molar-refractivity contribution is 4.28. The first-order valence-corrected chi connectivity index (χ1v) is 3.18. The van der Waals surface area contributed by atoms with Crippen molar-refractivity contribution in [2.45, 2.75) is 6.92 Å². The smallest absolute Gasteiger partial charge is 0.0701 e. The Morgan fingerprint density at radius 2 is 1.70 bits per heavy atom. The first kappa shape index (κ1) is 12.5. The summed E-state index contributed by atoms with van der Waals surface area (Å²) in [6.07, 6.45) is 0. The second-order valence-electron chi connectivity index (χ2n) is 1.53. The molecular weight excluding hydrogens is 136 g/mol. The minimum atomic E-state index is 0. The fourth-order valence-corrected chi connectivity index (χ4v) is 0.429. The summed E-state index contributed by atoms with van der Waals surface area (Å²) in [6.45, 7) is 4.36. The van der Waals surface area contributed by atoms with E-state index in [1.54, 1.807) is 0 Å². The third kappa shape index (κ3) is 10.8. The highest BCUT2D eigenvalue weighted by Gasteiger charge is 1.84. The van der Waals surface area contributed by atoms with Crippen LogP contribution in [0.3, 0.4) is 0 Å². The van der Waals surface area contributed by atoms with Crippen molar-refractivity contribution in [3.05, 3.63) is 0 Å². The van der Waals surface area contributed by atoms with Gasteiger partial charge in [-0.25, -0.2) is 0 Å². The van der Waals surface area contributed by atoms with Crippen molar-refractivity contribution in [2.75, 3.05) is 33.0 Å². The van der Waals surface area contributed by atoms with Crippen LogP contribution in [0, 0.1) is 0 Å². The van der Waals surface area contributed by atoms with Gasteiger partial charge in [-0.15, -0.1) is 0 Å². The summed E-state index contributed by atoms with van der Waals surface area (Å²) in [4.78, 5) is 0. The minimum absolute atomic E-state index is 0. The van der Waals surface area contributed by atoms with E-state index in [-0.39, 0.29) is 12.1 Å². The summed E-state index contributed by atoms with van der Waals surface area (Å²) in [5.41, 5.74) is 0. The zero-order valence-corrected chi connectivity index (χ0v) is 6.25. The normalized spacial score (nSPS) is 9.00. The molecule has 0 amide bonds. The van der Waals surface area contributed by atoms with Gasteiger partial charge in [-0.1, -0.05) is 0 Å². The standard InChI is InChI=1S/C6H14O3.HO/c1-2-8-5-6-9-4-3-7;/h7H,2-6H2,1H3;1H. The lowest BCUT2D eigenvalue weighted by Crippen LogP contribution is -2.06. The molecule has 4 nitrogen and oxygen atoms in total. The molecule has 0 unspecified atom stereocenters. The fraction of sp³-hybridized carbons (Fsp3) is 1.00. The lowest BCUT2D eigenvalue weighted by atomic mass is 10.7. The molecule has 0 aromatic heterocycles. The van der Waals surface area contributed by atoms with Crippen LogP contribution in [0.5, 0.6) is 0 Å². The number of ether oxygens (including phenoxy) is 2. The molecule has 0 rings (SSSR count). The van der Waals surface area contributed by atoms with E-state index in [0.29, 0.717) is 19.8 Å². The summed E-state index contributed by atoms with van der Waals surface area (Å²) in [7, 11) is 0. The van der Waals surface area contributed by atoms with Crippen LogP contribution in [0.4, 0.5) is 0 Å². The van der Waals surface area contributed by atoms with Gasteiger partial charge >= 0.3 is 0 Å². The summed E-state index contributed by atoms with van der Waals surface area (Å²) < 4.78 is 9.88. The van der Waals surface area contributed by atoms with Crippen LogP contribution in [0.2, 0.25) is 0 Å². The average molecular weight is 151 g/mol. The summed E-state index contributed by atoms with van der Waals surface area (Å²) in [5, 5.41) is 8.26. The van der Waals surface area contributed by atoms with Crippen LogP contribution < -0.4 is 0 Å². The summed E-state index contributed by atoms with van der Waals surface area (Å²) >= 11 is 0. The molecule has 0 aliphatic carbocycles. The molecule has 0 aliphatic rings. The maximum Gasteiger partial charge on any atom is 0.0701 e. The van der Waals surface area contributed by atoms with Crippen LogP contribution in [-0.2, 0) is 9.47 Å². The average Bonchev–Trinajstić information content (AvgIpc) is 1.89. The Labute approximate surface area is 61.1 Å². The maximum atomic E-state index is 8.26. The Morgan fingerprint density at radius 3 is 2.20 bits per heavy atom. The molecule has 0 fully saturated rings. The SMILES string of the molecule is CCOCCOCCO.[OH]. The number of aliphatic hydroxyl groups is 1. The molecule has 0 aliphatic heterocycles. The van der Waals surface area contributed by atoms with Gasteiger partial charge in [0.05, 0.1) is 26.4 Å². The first-order valence-electron chi connectivity index (χ1n) is 3.18. The molecule has 0 aromatic carbocycles. The predicted octanol–water partition coefficient (Wildman–Crippen LogP) is -0.145. The van der Waals surface area contributed by atoms with Gasteiger partial charge in [-0.2, -0.15) is 0 Å². The van der Waals surface area contributed by atoms with Gasteiger partial charge in [-0.05, 0) is 6.92 Å². The zero-order chi connectivity index (χ0) is 6.95. The highest BCUT2D eigenvalue weighted by atomic mass is 16.5. The molecule has 0 bridgehead atoms. The molecule has 63 valence electrons. The molecule has 0 aromatic rings. The van der Waals surface area contributed by atoms with E-state index >= 15 is 0 Å². The van der Waals surface area contributed by atoms with E-state index in [1.807, 2.05) is 6.92 Å². The fourth-order valence-electron chi connectivity index (χ4n) is 0.429. The Morgan fingerprint density at radius 1 is 1.10 bits per heavy atom. The molecule has 0 atom stereocenters. The van der Waals surface area contributed by atoms with E-state index in [9.17, 15) is 0 Å². The second-order valence-corrected chi connectivity index (χ2v) is 1.53. The number of hydrogen-bond donors (Lipinski definition) is 2. The van der Waals surface area contributed by atoms with Crippen molar-refractivity contribution in [3.8, 4) is 0 Å². The molecular formula is C6H15O4. The second kappa shape index (κ2) is 11.6. The predicted molar refractivity (Wildman–Crippen MR) is 36.3 cm³/mol. The minimum Gasteiger partial charge on any atom is -0.394 e. The molecule has 2 N–H and O–H groups in total.